The molecule has 1 aliphatic rings. The topological polar surface area (TPSA) is 9.23 Å². The van der Waals surface area contributed by atoms with Crippen molar-refractivity contribution in [2.24, 2.45) is 0 Å². The maximum Gasteiger partial charge on any atom is 0.120 e. The summed E-state index contributed by atoms with van der Waals surface area (Å²) in [5.41, 5.74) is 0.0997. The van der Waals surface area contributed by atoms with Crippen LogP contribution in [0.25, 0.3) is 10.8 Å². The summed E-state index contributed by atoms with van der Waals surface area (Å²) in [5, 5.41) is 2.54. The van der Waals surface area contributed by atoms with Crippen molar-refractivity contribution in [1.29, 1.82) is 0 Å². The Bertz CT molecular complexity index is 538. The van der Waals surface area contributed by atoms with Crippen LogP contribution in [0.1, 0.15) is 39.0 Å². The lowest BCUT2D eigenvalue weighted by molar-refractivity contribution is 0.0722. The lowest BCUT2D eigenvalue weighted by Crippen LogP contribution is -2.31. The number of ether oxygens (including phenoxy) is 1. The van der Waals surface area contributed by atoms with Crippen molar-refractivity contribution in [3.63, 3.8) is 0 Å². The molecule has 1 heteroatoms. The van der Waals surface area contributed by atoms with Gasteiger partial charge in [0.1, 0.15) is 11.4 Å². The highest BCUT2D eigenvalue weighted by molar-refractivity contribution is 5.83. The lowest BCUT2D eigenvalue weighted by Gasteiger charge is -2.29. The van der Waals surface area contributed by atoms with Crippen LogP contribution in [0.3, 0.4) is 0 Å². The first kappa shape index (κ1) is 11.6. The number of benzene rings is 2. The van der Waals surface area contributed by atoms with Crippen LogP contribution in [0.4, 0.5) is 0 Å². The minimum atomic E-state index is 0.0997. The number of rotatable bonds is 3. The zero-order valence-electron chi connectivity index (χ0n) is 11.0. The van der Waals surface area contributed by atoms with Gasteiger partial charge in [0.05, 0.1) is 0 Å². The smallest absolute Gasteiger partial charge is 0.120 e. The molecule has 0 unspecified atom stereocenters. The zero-order chi connectivity index (χ0) is 12.4. The van der Waals surface area contributed by atoms with Gasteiger partial charge in [-0.2, -0.15) is 0 Å². The van der Waals surface area contributed by atoms with Crippen LogP contribution in [-0.2, 0) is 0 Å². The molecule has 18 heavy (non-hydrogen) atoms. The van der Waals surface area contributed by atoms with E-state index in [1.54, 1.807) is 0 Å². The van der Waals surface area contributed by atoms with E-state index in [-0.39, 0.29) is 5.60 Å². The van der Waals surface area contributed by atoms with Crippen molar-refractivity contribution in [2.45, 2.75) is 44.6 Å². The molecule has 0 atom stereocenters. The van der Waals surface area contributed by atoms with E-state index in [0.717, 1.165) is 12.2 Å². The van der Waals surface area contributed by atoms with E-state index in [2.05, 4.69) is 49.4 Å². The Balaban J connectivity index is 1.90. The Labute approximate surface area is 109 Å². The van der Waals surface area contributed by atoms with Gasteiger partial charge in [0.2, 0.25) is 0 Å². The maximum absolute atomic E-state index is 6.32. The summed E-state index contributed by atoms with van der Waals surface area (Å²) in [4.78, 5) is 0. The summed E-state index contributed by atoms with van der Waals surface area (Å²) in [7, 11) is 0. The van der Waals surface area contributed by atoms with Crippen LogP contribution in [0.2, 0.25) is 0 Å². The summed E-state index contributed by atoms with van der Waals surface area (Å²) in [6.45, 7) is 2.24. The van der Waals surface area contributed by atoms with Gasteiger partial charge >= 0.3 is 0 Å². The Morgan fingerprint density at radius 1 is 1.00 bits per heavy atom. The predicted molar refractivity (Wildman–Crippen MR) is 76.1 cm³/mol. The number of hydrogen-bond donors (Lipinski definition) is 0. The fraction of sp³-hybridized carbons (Fsp3) is 0.412. The van der Waals surface area contributed by atoms with Gasteiger partial charge in [0, 0.05) is 0 Å². The van der Waals surface area contributed by atoms with Crippen molar-refractivity contribution >= 4 is 10.8 Å². The van der Waals surface area contributed by atoms with Crippen LogP contribution >= 0.6 is 0 Å². The Morgan fingerprint density at radius 2 is 1.72 bits per heavy atom. The van der Waals surface area contributed by atoms with Gasteiger partial charge in [-0.25, -0.2) is 0 Å². The third-order valence-electron chi connectivity index (χ3n) is 4.21. The maximum atomic E-state index is 6.32. The molecule has 1 nitrogen and oxygen atoms in total. The van der Waals surface area contributed by atoms with Gasteiger partial charge in [-0.15, -0.1) is 0 Å². The fourth-order valence-electron chi connectivity index (χ4n) is 3.03. The molecule has 0 saturated heterocycles. The molecule has 1 saturated carbocycles. The second kappa shape index (κ2) is 4.64. The molecule has 0 spiro atoms. The quantitative estimate of drug-likeness (QED) is 0.738. The summed E-state index contributed by atoms with van der Waals surface area (Å²) in [6.07, 6.45) is 6.13. The second-order valence-corrected chi connectivity index (χ2v) is 5.35. The van der Waals surface area contributed by atoms with E-state index in [1.807, 2.05) is 0 Å². The molecule has 0 N–H and O–H groups in total. The van der Waals surface area contributed by atoms with Crippen LogP contribution in [0, 0.1) is 0 Å². The molecule has 0 aliphatic heterocycles. The number of hydrogen-bond acceptors (Lipinski definition) is 1. The van der Waals surface area contributed by atoms with Crippen molar-refractivity contribution in [3.8, 4) is 5.75 Å². The predicted octanol–water partition coefficient (Wildman–Crippen LogP) is 4.94. The van der Waals surface area contributed by atoms with Crippen molar-refractivity contribution < 1.29 is 4.74 Å². The molecule has 94 valence electrons. The minimum absolute atomic E-state index is 0.0997. The van der Waals surface area contributed by atoms with Gasteiger partial charge in [-0.05, 0) is 55.0 Å². The van der Waals surface area contributed by atoms with Gasteiger partial charge in [-0.3, -0.25) is 0 Å². The highest BCUT2D eigenvalue weighted by Gasteiger charge is 2.34. The van der Waals surface area contributed by atoms with E-state index in [0.29, 0.717) is 0 Å². The van der Waals surface area contributed by atoms with Gasteiger partial charge < -0.3 is 4.74 Å². The van der Waals surface area contributed by atoms with Gasteiger partial charge in [0.25, 0.3) is 0 Å². The summed E-state index contributed by atoms with van der Waals surface area (Å²) < 4.78 is 6.32. The molecule has 2 aromatic carbocycles. The molecule has 0 amide bonds. The first-order valence-electron chi connectivity index (χ1n) is 6.99. The van der Waals surface area contributed by atoms with E-state index < -0.39 is 0 Å². The third-order valence-corrected chi connectivity index (χ3v) is 4.21. The minimum Gasteiger partial charge on any atom is -0.487 e. The third kappa shape index (κ3) is 2.10. The molecule has 3 rings (SSSR count). The molecule has 0 bridgehead atoms. The monoisotopic (exact) mass is 240 g/mol. The first-order chi connectivity index (χ1) is 8.81. The molecule has 1 fully saturated rings. The lowest BCUT2D eigenvalue weighted by atomic mass is 9.98. The molecular weight excluding hydrogens is 220 g/mol. The Kier molecular flexibility index (Phi) is 2.99. The zero-order valence-corrected chi connectivity index (χ0v) is 11.0. The molecular formula is C17H20O. The average molecular weight is 240 g/mol. The summed E-state index contributed by atoms with van der Waals surface area (Å²) in [5.74, 6) is 1.03. The molecule has 0 radical (unpaired) electrons. The number of fused-ring (bicyclic) bond motifs is 1. The average Bonchev–Trinajstić information content (AvgIpc) is 2.88. The Morgan fingerprint density at radius 3 is 2.44 bits per heavy atom. The van der Waals surface area contributed by atoms with Gasteiger partial charge in [0.15, 0.2) is 0 Å². The van der Waals surface area contributed by atoms with E-state index in [9.17, 15) is 0 Å². The second-order valence-electron chi connectivity index (χ2n) is 5.35. The molecule has 0 heterocycles. The normalized spacial score (nSPS) is 18.1. The molecule has 2 aromatic rings. The van der Waals surface area contributed by atoms with E-state index in [1.165, 1.54) is 36.5 Å². The largest absolute Gasteiger partial charge is 0.487 e. The molecule has 0 aromatic heterocycles. The standard InChI is InChI=1S/C17H20O/c1-2-17(11-5-6-12-17)18-16-10-9-14-7-3-4-8-15(14)13-16/h3-4,7-10,13H,2,5-6,11-12H2,1H3. The fourth-order valence-corrected chi connectivity index (χ4v) is 3.03. The van der Waals surface area contributed by atoms with Crippen molar-refractivity contribution in [2.75, 3.05) is 0 Å². The van der Waals surface area contributed by atoms with Gasteiger partial charge in [-0.1, -0.05) is 37.3 Å². The Hall–Kier alpha value is -1.50. The highest BCUT2D eigenvalue weighted by Crippen LogP contribution is 2.37. The van der Waals surface area contributed by atoms with E-state index >= 15 is 0 Å². The van der Waals surface area contributed by atoms with Crippen LogP contribution in [0.15, 0.2) is 42.5 Å². The van der Waals surface area contributed by atoms with Crippen molar-refractivity contribution in [3.05, 3.63) is 42.5 Å². The summed E-state index contributed by atoms with van der Waals surface area (Å²) >= 11 is 0. The SMILES string of the molecule is CCC1(Oc2ccc3ccccc3c2)CCCC1. The molecule has 1 aliphatic carbocycles. The van der Waals surface area contributed by atoms with E-state index in [4.69, 9.17) is 4.74 Å². The first-order valence-corrected chi connectivity index (χ1v) is 6.99. The van der Waals surface area contributed by atoms with Crippen molar-refractivity contribution in [1.82, 2.24) is 0 Å². The van der Waals surface area contributed by atoms with Crippen LogP contribution in [0.5, 0.6) is 5.75 Å². The van der Waals surface area contributed by atoms with Crippen LogP contribution < -0.4 is 4.74 Å². The van der Waals surface area contributed by atoms with Crippen LogP contribution in [-0.4, -0.2) is 5.60 Å². The highest BCUT2D eigenvalue weighted by atomic mass is 16.5. The summed E-state index contributed by atoms with van der Waals surface area (Å²) in [6, 6.07) is 14.9.